The summed E-state index contributed by atoms with van der Waals surface area (Å²) in [5.41, 5.74) is -4.36. The van der Waals surface area contributed by atoms with Gasteiger partial charge in [0.05, 0.1) is 46.4 Å². The van der Waals surface area contributed by atoms with Gasteiger partial charge in [-0.1, -0.05) is 6.92 Å². The van der Waals surface area contributed by atoms with Crippen molar-refractivity contribution in [2.75, 3.05) is 6.61 Å². The Balaban J connectivity index is 1.57. The summed E-state index contributed by atoms with van der Waals surface area (Å²) in [6.45, 7) is 0.553. The number of carbonyl (C=O) groups excluding carboxylic acids is 6. The lowest BCUT2D eigenvalue weighted by atomic mass is 9.76. The van der Waals surface area contributed by atoms with Crippen molar-refractivity contribution in [2.45, 2.75) is 50.7 Å². The molecule has 6 rings (SSSR count). The van der Waals surface area contributed by atoms with E-state index in [2.05, 4.69) is 0 Å². The third-order valence-electron chi connectivity index (χ3n) is 10.5. The van der Waals surface area contributed by atoms with Crippen molar-refractivity contribution >= 4 is 41.8 Å². The summed E-state index contributed by atoms with van der Waals surface area (Å²) in [5, 5.41) is 133. The van der Waals surface area contributed by atoms with Gasteiger partial charge in [0.25, 0.3) is 5.79 Å². The van der Waals surface area contributed by atoms with Crippen molar-refractivity contribution in [1.82, 2.24) is 0 Å². The first-order valence-electron chi connectivity index (χ1n) is 19.4. The van der Waals surface area contributed by atoms with Gasteiger partial charge in [0.1, 0.15) is 6.61 Å². The number of hydrogen-bond acceptors (Lipinski definition) is 26. The predicted octanol–water partition coefficient (Wildman–Crippen LogP) is 1.56. The van der Waals surface area contributed by atoms with Crippen LogP contribution in [0.3, 0.4) is 0 Å². The van der Waals surface area contributed by atoms with Gasteiger partial charge in [-0.15, -0.1) is 0 Å². The molecule has 366 valence electrons. The zero-order valence-electron chi connectivity index (χ0n) is 34.9. The molecule has 0 aromatic heterocycles. The van der Waals surface area contributed by atoms with E-state index in [4.69, 9.17) is 33.2 Å². The minimum absolute atomic E-state index is 0.406. The number of esters is 6. The molecular formula is C42H36O27. The smallest absolute Gasteiger partial charge is 0.345 e. The maximum atomic E-state index is 14.5. The highest BCUT2D eigenvalue weighted by Gasteiger charge is 2.59. The SMILES string of the molecule is CC(OC(=O)c1cc(O)c(O)c(O)c1)OC(OC(=O)c1cc(O)c(O)c(O)c1)(C(C)COC(=O)c1cc(O)c(O)c(O)c1)C1OC(=O)c2cc(O)c(O)c(O)c2C2C(CC(=O)OC2C(=O)O)C(=O)O1. The summed E-state index contributed by atoms with van der Waals surface area (Å²) in [5.74, 6) is -35.7. The Kier molecular flexibility index (Phi) is 13.2. The van der Waals surface area contributed by atoms with E-state index in [9.17, 15) is 99.9 Å². The number of cyclic esters (lactones) is 3. The number of phenolic OH excluding ortho intramolecular Hbond substituents is 12. The molecular weight excluding hydrogens is 936 g/mol. The third kappa shape index (κ3) is 9.41. The normalized spacial score (nSPS) is 19.5. The van der Waals surface area contributed by atoms with E-state index in [-0.39, 0.29) is 0 Å². The highest BCUT2D eigenvalue weighted by atomic mass is 16.8. The summed E-state index contributed by atoms with van der Waals surface area (Å²) in [7, 11) is 0. The van der Waals surface area contributed by atoms with Crippen LogP contribution in [-0.4, -0.2) is 139 Å². The van der Waals surface area contributed by atoms with Crippen molar-refractivity contribution in [1.29, 1.82) is 0 Å². The Morgan fingerprint density at radius 2 is 1.09 bits per heavy atom. The third-order valence-corrected chi connectivity index (χ3v) is 10.5. The Morgan fingerprint density at radius 1 is 0.623 bits per heavy atom. The second-order valence-corrected chi connectivity index (χ2v) is 15.1. The molecule has 0 radical (unpaired) electrons. The predicted molar refractivity (Wildman–Crippen MR) is 213 cm³/mol. The van der Waals surface area contributed by atoms with E-state index < -0.39 is 194 Å². The topological polar surface area (TPSA) is 447 Å². The van der Waals surface area contributed by atoms with Gasteiger partial charge < -0.3 is 94.8 Å². The number of rotatable bonds is 12. The summed E-state index contributed by atoms with van der Waals surface area (Å²) in [6, 6.07) is 3.82. The van der Waals surface area contributed by atoms with E-state index in [0.717, 1.165) is 13.8 Å². The van der Waals surface area contributed by atoms with Gasteiger partial charge >= 0.3 is 48.1 Å². The minimum atomic E-state index is -3.54. The first kappa shape index (κ1) is 49.2. The molecule has 4 aromatic rings. The Labute approximate surface area is 382 Å². The number of benzene rings is 4. The molecule has 4 aromatic carbocycles. The first-order chi connectivity index (χ1) is 32.3. The fraction of sp³-hybridized carbons (Fsp3) is 0.262. The van der Waals surface area contributed by atoms with Crippen LogP contribution in [0.2, 0.25) is 0 Å². The standard InChI is InChI=1S/C42H36O27/c1-12(11-63-36(58)14-3-19(43)29(51)20(44)4-14)42(69-38(60)16-7-23(47)31(53)24(48)8-16,68-13(2)64-37(59)15-5-21(45)30(52)22(46)6-15)41-66-39(61)17-9-25(49)32(54)33(55)27(17)28-18(40(62)67-41)10-26(50)65-34(28)35(56)57/h3-9,12-13,18,28,34,41,43-49,51-55H,10-11H2,1-2H3,(H,56,57). The second kappa shape index (κ2) is 18.5. The van der Waals surface area contributed by atoms with Gasteiger partial charge in [0.2, 0.25) is 18.1 Å². The number of phenols is 12. The molecule has 2 aliphatic rings. The molecule has 27 nitrogen and oxygen atoms in total. The van der Waals surface area contributed by atoms with Gasteiger partial charge in [-0.3, -0.25) is 14.3 Å². The summed E-state index contributed by atoms with van der Waals surface area (Å²) >= 11 is 0. The number of fused-ring (bicyclic) bond motifs is 3. The van der Waals surface area contributed by atoms with Crippen LogP contribution < -0.4 is 0 Å². The number of ether oxygens (including phenoxy) is 7. The van der Waals surface area contributed by atoms with E-state index >= 15 is 0 Å². The molecule has 1 fully saturated rings. The molecule has 13 N–H and O–H groups in total. The minimum Gasteiger partial charge on any atom is -0.504 e. The summed E-state index contributed by atoms with van der Waals surface area (Å²) < 4.78 is 38.4. The van der Waals surface area contributed by atoms with E-state index in [1.165, 1.54) is 0 Å². The molecule has 0 saturated carbocycles. The molecule has 7 unspecified atom stereocenters. The average molecular weight is 973 g/mol. The van der Waals surface area contributed by atoms with Crippen molar-refractivity contribution in [3.63, 3.8) is 0 Å². The molecule has 27 heteroatoms. The first-order valence-corrected chi connectivity index (χ1v) is 19.4. The maximum Gasteiger partial charge on any atom is 0.345 e. The fourth-order valence-electron chi connectivity index (χ4n) is 7.12. The van der Waals surface area contributed by atoms with Crippen LogP contribution in [0, 0.1) is 11.8 Å². The van der Waals surface area contributed by atoms with Gasteiger partial charge in [0, 0.05) is 5.56 Å². The maximum absolute atomic E-state index is 14.5. The molecule has 2 aliphatic heterocycles. The summed E-state index contributed by atoms with van der Waals surface area (Å²) in [6.07, 6.45) is -8.92. The Morgan fingerprint density at radius 3 is 1.58 bits per heavy atom. The van der Waals surface area contributed by atoms with E-state index in [0.29, 0.717) is 42.5 Å². The van der Waals surface area contributed by atoms with Crippen molar-refractivity contribution in [2.24, 2.45) is 11.8 Å². The molecule has 0 amide bonds. The van der Waals surface area contributed by atoms with Crippen molar-refractivity contribution in [3.8, 4) is 69.0 Å². The van der Waals surface area contributed by atoms with Crippen molar-refractivity contribution < 1.29 is 133 Å². The molecule has 2 heterocycles. The van der Waals surface area contributed by atoms with E-state index in [1.54, 1.807) is 0 Å². The lowest BCUT2D eigenvalue weighted by molar-refractivity contribution is -0.365. The molecule has 7 atom stereocenters. The highest BCUT2D eigenvalue weighted by molar-refractivity contribution is 5.97. The Bertz CT molecular complexity index is 2750. The Hall–Kier alpha value is -9.27. The van der Waals surface area contributed by atoms with Gasteiger partial charge in [-0.05, 0) is 49.4 Å². The van der Waals surface area contributed by atoms with Crippen LogP contribution in [0.5, 0.6) is 69.0 Å². The molecule has 0 spiro atoms. The van der Waals surface area contributed by atoms with Crippen LogP contribution in [-0.2, 0) is 47.5 Å². The van der Waals surface area contributed by atoms with Crippen LogP contribution >= 0.6 is 0 Å². The van der Waals surface area contributed by atoms with Crippen LogP contribution in [0.1, 0.15) is 73.2 Å². The number of aliphatic carboxylic acids is 1. The van der Waals surface area contributed by atoms with Gasteiger partial charge in [-0.2, -0.15) is 0 Å². The zero-order chi connectivity index (χ0) is 51.1. The van der Waals surface area contributed by atoms with Gasteiger partial charge in [0.15, 0.2) is 63.2 Å². The monoisotopic (exact) mass is 972 g/mol. The molecule has 69 heavy (non-hydrogen) atoms. The summed E-state index contributed by atoms with van der Waals surface area (Å²) in [4.78, 5) is 95.4. The van der Waals surface area contributed by atoms with Crippen LogP contribution in [0.25, 0.3) is 0 Å². The molecule has 0 bridgehead atoms. The number of hydrogen-bond donors (Lipinski definition) is 13. The second-order valence-electron chi connectivity index (χ2n) is 15.1. The lowest BCUT2D eigenvalue weighted by Crippen LogP contribution is -2.60. The average Bonchev–Trinajstić information content (AvgIpc) is 3.32. The lowest BCUT2D eigenvalue weighted by Gasteiger charge is -2.42. The highest BCUT2D eigenvalue weighted by Crippen LogP contribution is 2.51. The quantitative estimate of drug-likeness (QED) is 0.0414. The number of aromatic hydroxyl groups is 12. The van der Waals surface area contributed by atoms with Crippen molar-refractivity contribution in [3.05, 3.63) is 70.3 Å². The van der Waals surface area contributed by atoms with Crippen LogP contribution in [0.4, 0.5) is 0 Å². The number of carbonyl (C=O) groups is 7. The molecule has 0 aliphatic carbocycles. The van der Waals surface area contributed by atoms with Crippen LogP contribution in [0.15, 0.2) is 42.5 Å². The number of carboxylic acids is 1. The van der Waals surface area contributed by atoms with E-state index in [1.807, 2.05) is 0 Å². The number of carboxylic acid groups (broad SMARTS) is 1. The zero-order valence-corrected chi connectivity index (χ0v) is 34.9. The van der Waals surface area contributed by atoms with Gasteiger partial charge in [-0.25, -0.2) is 24.0 Å². The molecule has 1 saturated heterocycles. The fourth-order valence-corrected chi connectivity index (χ4v) is 7.12. The largest absolute Gasteiger partial charge is 0.504 e.